The van der Waals surface area contributed by atoms with Crippen molar-refractivity contribution in [3.05, 3.63) is 66.4 Å². The van der Waals surface area contributed by atoms with Gasteiger partial charge in [0.05, 0.1) is 25.6 Å². The van der Waals surface area contributed by atoms with E-state index in [1.807, 2.05) is 42.6 Å². The van der Waals surface area contributed by atoms with Crippen LogP contribution in [-0.2, 0) is 21.0 Å². The van der Waals surface area contributed by atoms with Crippen LogP contribution in [0.1, 0.15) is 24.8 Å². The van der Waals surface area contributed by atoms with E-state index in [0.29, 0.717) is 18.0 Å². The Kier molecular flexibility index (Phi) is 9.36. The van der Waals surface area contributed by atoms with Crippen LogP contribution < -0.4 is 9.80 Å². The summed E-state index contributed by atoms with van der Waals surface area (Å²) in [7, 11) is 2.67. The summed E-state index contributed by atoms with van der Waals surface area (Å²) in [5.41, 5.74) is 2.14. The zero-order valence-electron chi connectivity index (χ0n) is 19.0. The second-order valence-electron chi connectivity index (χ2n) is 7.16. The molecule has 0 bridgehead atoms. The Hall–Kier alpha value is -3.50. The summed E-state index contributed by atoms with van der Waals surface area (Å²) < 4.78 is 12.3. The fourth-order valence-electron chi connectivity index (χ4n) is 3.13. The number of rotatable bonds is 12. The topological polar surface area (TPSA) is 103 Å². The van der Waals surface area contributed by atoms with E-state index < -0.39 is 12.1 Å². The van der Waals surface area contributed by atoms with Crippen molar-refractivity contribution in [3.63, 3.8) is 0 Å². The van der Waals surface area contributed by atoms with Gasteiger partial charge in [-0.1, -0.05) is 18.2 Å². The van der Waals surface area contributed by atoms with Crippen LogP contribution in [0, 0.1) is 0 Å². The second kappa shape index (κ2) is 12.7. The average molecular weight is 486 g/mol. The largest absolute Gasteiger partial charge is 0.481 e. The average Bonchev–Trinajstić information content (AvgIpc) is 3.33. The minimum atomic E-state index is -0.751. The molecule has 0 unspecified atom stereocenters. The quantitative estimate of drug-likeness (QED) is 0.219. The van der Waals surface area contributed by atoms with Gasteiger partial charge in [-0.25, -0.2) is 9.48 Å². The first-order valence-electron chi connectivity index (χ1n) is 10.7. The molecule has 10 heteroatoms. The number of carbonyl (C=O) groups is 2. The number of thioether (sulfide) groups is 1. The van der Waals surface area contributed by atoms with Crippen molar-refractivity contribution in [1.29, 1.82) is 0 Å². The molecule has 34 heavy (non-hydrogen) atoms. The number of hydrogen-bond donors (Lipinski definition) is 1. The zero-order chi connectivity index (χ0) is 24.3. The number of anilines is 1. The maximum Gasteiger partial charge on any atom is 0.438 e. The van der Waals surface area contributed by atoms with Crippen LogP contribution in [0.15, 0.2) is 65.7 Å². The predicted octanol–water partition coefficient (Wildman–Crippen LogP) is 4.93. The Morgan fingerprint density at radius 2 is 1.82 bits per heavy atom. The van der Waals surface area contributed by atoms with Gasteiger partial charge in [-0.3, -0.25) is 9.63 Å². The maximum atomic E-state index is 12.0. The summed E-state index contributed by atoms with van der Waals surface area (Å²) in [6.07, 6.45) is 2.94. The van der Waals surface area contributed by atoms with Gasteiger partial charge >= 0.3 is 12.1 Å². The lowest BCUT2D eigenvalue weighted by atomic mass is 10.2. The van der Waals surface area contributed by atoms with E-state index >= 15 is 0 Å². The Bertz CT molecular complexity index is 1090. The number of hydroxylamine groups is 1. The van der Waals surface area contributed by atoms with Crippen molar-refractivity contribution in [2.45, 2.75) is 30.8 Å². The number of nitrogens with zero attached hydrogens (tertiary/aromatic N) is 3. The molecule has 0 spiro atoms. The number of methoxy groups -OCH3 is 1. The van der Waals surface area contributed by atoms with E-state index in [-0.39, 0.29) is 13.0 Å². The minimum Gasteiger partial charge on any atom is -0.481 e. The number of amides is 1. The number of carboxylic acids is 1. The molecule has 0 saturated heterocycles. The highest BCUT2D eigenvalue weighted by Gasteiger charge is 2.19. The smallest absolute Gasteiger partial charge is 0.438 e. The molecule has 180 valence electrons. The summed E-state index contributed by atoms with van der Waals surface area (Å²) in [4.78, 5) is 28.8. The predicted molar refractivity (Wildman–Crippen MR) is 128 cm³/mol. The highest BCUT2D eigenvalue weighted by molar-refractivity contribution is 7.99. The van der Waals surface area contributed by atoms with E-state index in [0.717, 1.165) is 33.4 Å². The number of carbonyl (C=O) groups excluding carboxylic acids is 1. The number of para-hydroxylation sites is 1. The monoisotopic (exact) mass is 485 g/mol. The van der Waals surface area contributed by atoms with Gasteiger partial charge in [-0.2, -0.15) is 5.06 Å². The van der Waals surface area contributed by atoms with E-state index in [1.165, 1.54) is 14.2 Å². The van der Waals surface area contributed by atoms with Gasteiger partial charge in [0, 0.05) is 29.1 Å². The molecule has 3 rings (SSSR count). The molecule has 0 atom stereocenters. The van der Waals surface area contributed by atoms with Crippen molar-refractivity contribution in [1.82, 2.24) is 9.78 Å². The van der Waals surface area contributed by atoms with Crippen LogP contribution in [0.4, 0.5) is 10.5 Å². The van der Waals surface area contributed by atoms with Crippen molar-refractivity contribution < 1.29 is 29.0 Å². The minimum absolute atomic E-state index is 0.182. The van der Waals surface area contributed by atoms with Crippen LogP contribution in [-0.4, -0.2) is 46.9 Å². The van der Waals surface area contributed by atoms with Gasteiger partial charge in [0.15, 0.2) is 0 Å². The first-order valence-corrected chi connectivity index (χ1v) is 11.6. The fraction of sp³-hybridized carbons (Fsp3) is 0.292. The van der Waals surface area contributed by atoms with Gasteiger partial charge in [-0.05, 0) is 48.9 Å². The number of benzene rings is 2. The van der Waals surface area contributed by atoms with Crippen molar-refractivity contribution in [2.24, 2.45) is 0 Å². The fourth-order valence-corrected chi connectivity index (χ4v) is 4.04. The summed E-state index contributed by atoms with van der Waals surface area (Å²) in [6, 6.07) is 16.9. The van der Waals surface area contributed by atoms with Crippen LogP contribution in [0.25, 0.3) is 5.69 Å². The highest BCUT2D eigenvalue weighted by Crippen LogP contribution is 2.24. The zero-order valence-corrected chi connectivity index (χ0v) is 19.9. The number of aliphatic carboxylic acids is 1. The third kappa shape index (κ3) is 7.00. The molecule has 0 fully saturated rings. The number of hydrogen-bond acceptors (Lipinski definition) is 7. The molecule has 0 aliphatic carbocycles. The third-order valence-electron chi connectivity index (χ3n) is 4.83. The Morgan fingerprint density at radius 1 is 1.06 bits per heavy atom. The number of carboxylic acid groups (broad SMARTS) is 1. The molecular formula is C24H27N3O6S. The van der Waals surface area contributed by atoms with Crippen molar-refractivity contribution in [2.75, 3.05) is 25.0 Å². The van der Waals surface area contributed by atoms with E-state index in [4.69, 9.17) is 19.4 Å². The molecule has 0 saturated carbocycles. The Morgan fingerprint density at radius 3 is 2.53 bits per heavy atom. The molecule has 3 aromatic rings. The van der Waals surface area contributed by atoms with Gasteiger partial charge in [0.1, 0.15) is 6.61 Å². The lowest BCUT2D eigenvalue weighted by Crippen LogP contribution is -2.30. The molecule has 9 nitrogen and oxygen atoms in total. The van der Waals surface area contributed by atoms with Crippen LogP contribution in [0.3, 0.4) is 0 Å². The second-order valence-corrected chi connectivity index (χ2v) is 8.32. The number of unbranched alkanes of at least 4 members (excludes halogenated alkanes) is 1. The molecule has 0 radical (unpaired) electrons. The van der Waals surface area contributed by atoms with Crippen LogP contribution in [0.5, 0.6) is 5.88 Å². The maximum absolute atomic E-state index is 12.0. The number of aromatic nitrogens is 2. The SMILES string of the molecule is COC(=O)N(OC)c1ccccc1COc1ccn(-c2ccc(SCCCCC(=O)O)cc2)n1. The van der Waals surface area contributed by atoms with Gasteiger partial charge in [0.2, 0.25) is 5.88 Å². The van der Waals surface area contributed by atoms with Crippen LogP contribution in [0.2, 0.25) is 0 Å². The van der Waals surface area contributed by atoms with Gasteiger partial charge < -0.3 is 14.6 Å². The highest BCUT2D eigenvalue weighted by atomic mass is 32.2. The van der Waals surface area contributed by atoms with Crippen molar-refractivity contribution >= 4 is 29.5 Å². The van der Waals surface area contributed by atoms with E-state index in [9.17, 15) is 9.59 Å². The lowest BCUT2D eigenvalue weighted by molar-refractivity contribution is -0.137. The number of ether oxygens (including phenoxy) is 2. The molecule has 0 aliphatic heterocycles. The Balaban J connectivity index is 1.57. The van der Waals surface area contributed by atoms with E-state index in [1.54, 1.807) is 34.6 Å². The first-order chi connectivity index (χ1) is 16.5. The molecule has 1 N–H and O–H groups in total. The summed E-state index contributed by atoms with van der Waals surface area (Å²) in [6.45, 7) is 0.182. The molecule has 1 amide bonds. The first kappa shape index (κ1) is 25.1. The third-order valence-corrected chi connectivity index (χ3v) is 5.93. The summed E-state index contributed by atoms with van der Waals surface area (Å²) >= 11 is 1.70. The summed E-state index contributed by atoms with van der Waals surface area (Å²) in [5, 5.41) is 14.2. The van der Waals surface area contributed by atoms with E-state index in [2.05, 4.69) is 5.10 Å². The Labute approximate surface area is 202 Å². The van der Waals surface area contributed by atoms with Gasteiger partial charge in [0.25, 0.3) is 0 Å². The lowest BCUT2D eigenvalue weighted by Gasteiger charge is -2.20. The standard InChI is InChI=1S/C24H27N3O6S/c1-31-24(30)27(32-2)21-8-4-3-7-18(21)17-33-22-14-15-26(25-22)19-10-12-20(13-11-19)34-16-6-5-9-23(28)29/h3-4,7-8,10-15H,5-6,9,16-17H2,1-2H3,(H,28,29). The summed E-state index contributed by atoms with van der Waals surface area (Å²) in [5.74, 6) is 0.567. The normalized spacial score (nSPS) is 10.6. The molecule has 2 aromatic carbocycles. The molecule has 1 heterocycles. The van der Waals surface area contributed by atoms with Gasteiger partial charge in [-0.15, -0.1) is 16.9 Å². The molecular weight excluding hydrogens is 458 g/mol. The van der Waals surface area contributed by atoms with Crippen LogP contribution >= 0.6 is 11.8 Å². The molecule has 1 aromatic heterocycles. The molecule has 0 aliphatic rings. The van der Waals surface area contributed by atoms with Crippen molar-refractivity contribution in [3.8, 4) is 11.6 Å².